The molecule has 0 radical (unpaired) electrons. The fraction of sp³-hybridized carbons (Fsp3) is 0.211. The summed E-state index contributed by atoms with van der Waals surface area (Å²) >= 11 is 0. The molecule has 0 atom stereocenters. The highest BCUT2D eigenvalue weighted by atomic mass is 16.7. The zero-order valence-electron chi connectivity index (χ0n) is 14.9. The van der Waals surface area contributed by atoms with E-state index in [0.717, 1.165) is 5.56 Å². The molecule has 0 spiro atoms. The summed E-state index contributed by atoms with van der Waals surface area (Å²) in [4.78, 5) is 22.9. The summed E-state index contributed by atoms with van der Waals surface area (Å²) in [7, 11) is 1.52. The number of aryl methyl sites for hydroxylation is 1. The van der Waals surface area contributed by atoms with E-state index in [-0.39, 0.29) is 19.1 Å². The van der Waals surface area contributed by atoms with E-state index in [2.05, 4.69) is 5.32 Å². The predicted octanol–water partition coefficient (Wildman–Crippen LogP) is 3.43. The zero-order chi connectivity index (χ0) is 19.4. The number of benzene rings is 2. The minimum absolute atomic E-state index is 0.0539. The first-order chi connectivity index (χ1) is 13.0. The highest BCUT2D eigenvalue weighted by molar-refractivity contribution is 6.03. The summed E-state index contributed by atoms with van der Waals surface area (Å²) in [5, 5.41) is 13.9. The Morgan fingerprint density at radius 1 is 1.33 bits per heavy atom. The molecule has 1 aliphatic rings. The highest BCUT2D eigenvalue weighted by Crippen LogP contribution is 2.33. The van der Waals surface area contributed by atoms with Crippen LogP contribution in [-0.2, 0) is 16.1 Å². The molecule has 1 heterocycles. The third kappa shape index (κ3) is 4.24. The number of methoxy groups -OCH3 is 1. The molecule has 27 heavy (non-hydrogen) atoms. The average Bonchev–Trinajstić information content (AvgIpc) is 2.66. The van der Waals surface area contributed by atoms with Crippen molar-refractivity contribution in [1.82, 2.24) is 0 Å². The molecule has 0 fully saturated rings. The van der Waals surface area contributed by atoms with Gasteiger partial charge < -0.3 is 19.5 Å². The standard InChI is InChI=1S/C19H18N2O6/c1-12-3-5-17(25-2)16(7-12)20-18(22)6-4-13-8-15(21(23)24)9-14-10-26-11-27-19(13)14/h3-9H,10-11H2,1-2H3,(H,20,22)/b6-4+. The number of hydrogen-bond donors (Lipinski definition) is 1. The van der Waals surface area contributed by atoms with Crippen LogP contribution in [0.2, 0.25) is 0 Å². The number of non-ortho nitro benzene ring substituents is 1. The zero-order valence-corrected chi connectivity index (χ0v) is 14.9. The number of anilines is 1. The Morgan fingerprint density at radius 2 is 2.15 bits per heavy atom. The second-order valence-electron chi connectivity index (χ2n) is 5.92. The van der Waals surface area contributed by atoms with Crippen molar-refractivity contribution in [3.05, 3.63) is 63.2 Å². The molecule has 0 unspecified atom stereocenters. The number of nitro groups is 1. The Bertz CT molecular complexity index is 923. The molecule has 0 saturated carbocycles. The molecule has 3 rings (SSSR count). The topological polar surface area (TPSA) is 99.9 Å². The van der Waals surface area contributed by atoms with Gasteiger partial charge in [0, 0.05) is 29.3 Å². The third-order valence-corrected chi connectivity index (χ3v) is 3.96. The molecule has 2 aromatic carbocycles. The molecule has 1 amide bonds. The minimum atomic E-state index is -0.496. The van der Waals surface area contributed by atoms with Crippen LogP contribution in [0.3, 0.4) is 0 Å². The number of ether oxygens (including phenoxy) is 3. The van der Waals surface area contributed by atoms with Crippen molar-refractivity contribution in [1.29, 1.82) is 0 Å². The number of carbonyl (C=O) groups is 1. The Kier molecular flexibility index (Phi) is 5.37. The lowest BCUT2D eigenvalue weighted by atomic mass is 10.1. The van der Waals surface area contributed by atoms with Crippen molar-refractivity contribution < 1.29 is 23.9 Å². The molecular formula is C19H18N2O6. The number of carbonyl (C=O) groups excluding carboxylic acids is 1. The van der Waals surface area contributed by atoms with Crippen LogP contribution in [0.4, 0.5) is 11.4 Å². The first kappa shape index (κ1) is 18.4. The summed E-state index contributed by atoms with van der Waals surface area (Å²) in [6.45, 7) is 2.17. The summed E-state index contributed by atoms with van der Waals surface area (Å²) in [5.74, 6) is 0.616. The molecule has 0 saturated heterocycles. The molecular weight excluding hydrogens is 352 g/mol. The van der Waals surface area contributed by atoms with Crippen LogP contribution >= 0.6 is 0 Å². The van der Waals surface area contributed by atoms with Crippen LogP contribution in [-0.4, -0.2) is 24.7 Å². The molecule has 8 nitrogen and oxygen atoms in total. The highest BCUT2D eigenvalue weighted by Gasteiger charge is 2.20. The molecule has 2 aromatic rings. The Labute approximate surface area is 155 Å². The van der Waals surface area contributed by atoms with Gasteiger partial charge in [-0.2, -0.15) is 0 Å². The van der Waals surface area contributed by atoms with Crippen LogP contribution in [0.15, 0.2) is 36.4 Å². The lowest BCUT2D eigenvalue weighted by molar-refractivity contribution is -0.385. The summed E-state index contributed by atoms with van der Waals surface area (Å²) < 4.78 is 15.8. The van der Waals surface area contributed by atoms with Crippen molar-refractivity contribution >= 4 is 23.4 Å². The van der Waals surface area contributed by atoms with E-state index in [1.807, 2.05) is 13.0 Å². The third-order valence-electron chi connectivity index (χ3n) is 3.96. The normalized spacial score (nSPS) is 13.0. The van der Waals surface area contributed by atoms with E-state index in [1.165, 1.54) is 31.4 Å². The van der Waals surface area contributed by atoms with E-state index in [4.69, 9.17) is 14.2 Å². The Hall–Kier alpha value is -3.39. The maximum Gasteiger partial charge on any atom is 0.270 e. The van der Waals surface area contributed by atoms with Crippen LogP contribution in [0, 0.1) is 17.0 Å². The van der Waals surface area contributed by atoms with Crippen LogP contribution in [0.5, 0.6) is 11.5 Å². The van der Waals surface area contributed by atoms with E-state index in [9.17, 15) is 14.9 Å². The van der Waals surface area contributed by atoms with Crippen LogP contribution < -0.4 is 14.8 Å². The fourth-order valence-corrected chi connectivity index (χ4v) is 2.72. The monoisotopic (exact) mass is 370 g/mol. The number of fused-ring (bicyclic) bond motifs is 1. The van der Waals surface area contributed by atoms with Gasteiger partial charge in [-0.25, -0.2) is 0 Å². The number of rotatable bonds is 5. The molecule has 1 aliphatic heterocycles. The summed E-state index contributed by atoms with van der Waals surface area (Å²) in [6.07, 6.45) is 2.77. The van der Waals surface area contributed by atoms with Crippen LogP contribution in [0.25, 0.3) is 6.08 Å². The second kappa shape index (κ2) is 7.88. The van der Waals surface area contributed by atoms with Gasteiger partial charge in [-0.05, 0) is 30.7 Å². The fourth-order valence-electron chi connectivity index (χ4n) is 2.72. The molecule has 0 bridgehead atoms. The van der Waals surface area contributed by atoms with Gasteiger partial charge in [0.15, 0.2) is 6.79 Å². The lowest BCUT2D eigenvalue weighted by Gasteiger charge is -2.19. The van der Waals surface area contributed by atoms with Crippen molar-refractivity contribution in [3.8, 4) is 11.5 Å². The number of nitrogens with one attached hydrogen (secondary N) is 1. The number of hydrogen-bond acceptors (Lipinski definition) is 6. The first-order valence-electron chi connectivity index (χ1n) is 8.13. The first-order valence-corrected chi connectivity index (χ1v) is 8.13. The molecule has 8 heteroatoms. The van der Waals surface area contributed by atoms with Gasteiger partial charge in [-0.15, -0.1) is 0 Å². The Balaban J connectivity index is 1.85. The van der Waals surface area contributed by atoms with Gasteiger partial charge in [0.1, 0.15) is 11.5 Å². The molecule has 1 N–H and O–H groups in total. The van der Waals surface area contributed by atoms with Crippen molar-refractivity contribution in [2.45, 2.75) is 13.5 Å². The van der Waals surface area contributed by atoms with Gasteiger partial charge >= 0.3 is 0 Å². The minimum Gasteiger partial charge on any atom is -0.495 e. The number of amides is 1. The maximum absolute atomic E-state index is 12.3. The summed E-state index contributed by atoms with van der Waals surface area (Å²) in [6, 6.07) is 8.20. The van der Waals surface area contributed by atoms with E-state index < -0.39 is 10.8 Å². The van der Waals surface area contributed by atoms with E-state index in [1.54, 1.807) is 12.1 Å². The summed E-state index contributed by atoms with van der Waals surface area (Å²) in [5.41, 5.74) is 2.42. The van der Waals surface area contributed by atoms with Crippen LogP contribution in [0.1, 0.15) is 16.7 Å². The van der Waals surface area contributed by atoms with Crippen molar-refractivity contribution in [3.63, 3.8) is 0 Å². The SMILES string of the molecule is COc1ccc(C)cc1NC(=O)/C=C/c1cc([N+](=O)[O-])cc2c1OCOC2. The number of nitrogens with zero attached hydrogens (tertiary/aromatic N) is 1. The van der Waals surface area contributed by atoms with Gasteiger partial charge in [0.2, 0.25) is 5.91 Å². The van der Waals surface area contributed by atoms with Gasteiger partial charge in [-0.3, -0.25) is 14.9 Å². The van der Waals surface area contributed by atoms with E-state index >= 15 is 0 Å². The smallest absolute Gasteiger partial charge is 0.270 e. The Morgan fingerprint density at radius 3 is 2.89 bits per heavy atom. The lowest BCUT2D eigenvalue weighted by Crippen LogP contribution is -2.13. The van der Waals surface area contributed by atoms with Gasteiger partial charge in [-0.1, -0.05) is 6.07 Å². The molecule has 0 aliphatic carbocycles. The van der Waals surface area contributed by atoms with E-state index in [0.29, 0.717) is 28.3 Å². The maximum atomic E-state index is 12.3. The van der Waals surface area contributed by atoms with Crippen molar-refractivity contribution in [2.75, 3.05) is 19.2 Å². The predicted molar refractivity (Wildman–Crippen MR) is 98.8 cm³/mol. The largest absolute Gasteiger partial charge is 0.495 e. The van der Waals surface area contributed by atoms with Crippen molar-refractivity contribution in [2.24, 2.45) is 0 Å². The van der Waals surface area contributed by atoms with Gasteiger partial charge in [0.05, 0.1) is 24.3 Å². The quantitative estimate of drug-likeness (QED) is 0.492. The molecule has 140 valence electrons. The van der Waals surface area contributed by atoms with Gasteiger partial charge in [0.25, 0.3) is 5.69 Å². The molecule has 0 aromatic heterocycles. The average molecular weight is 370 g/mol. The number of nitro benzene ring substituents is 1. The second-order valence-corrected chi connectivity index (χ2v) is 5.92.